The van der Waals surface area contributed by atoms with Gasteiger partial charge in [0.1, 0.15) is 23.2 Å². The second-order valence-corrected chi connectivity index (χ2v) is 7.14. The quantitative estimate of drug-likeness (QED) is 0.630. The molecule has 0 spiro atoms. The van der Waals surface area contributed by atoms with Gasteiger partial charge in [0.25, 0.3) is 0 Å². The lowest BCUT2D eigenvalue weighted by Gasteiger charge is -2.49. The molecule has 7 heteroatoms. The molecule has 7 nitrogen and oxygen atoms in total. The number of hydrogen-bond acceptors (Lipinski definition) is 7. The van der Waals surface area contributed by atoms with Gasteiger partial charge in [0, 0.05) is 18.0 Å². The van der Waals surface area contributed by atoms with E-state index in [2.05, 4.69) is 26.7 Å². The maximum atomic E-state index is 9.88. The number of rotatable bonds is 6. The van der Waals surface area contributed by atoms with Gasteiger partial charge in [-0.2, -0.15) is 10.2 Å². The molecule has 0 unspecified atom stereocenters. The van der Waals surface area contributed by atoms with Crippen LogP contribution >= 0.6 is 0 Å². The van der Waals surface area contributed by atoms with Crippen molar-refractivity contribution in [3.05, 3.63) is 41.6 Å². The predicted molar refractivity (Wildman–Crippen MR) is 98.9 cm³/mol. The van der Waals surface area contributed by atoms with Gasteiger partial charge in [0.05, 0.1) is 12.3 Å². The van der Waals surface area contributed by atoms with Crippen LogP contribution in [0.15, 0.2) is 30.5 Å². The molecule has 1 heterocycles. The fourth-order valence-electron chi connectivity index (χ4n) is 3.00. The monoisotopic (exact) mass is 353 g/mol. The van der Waals surface area contributed by atoms with E-state index in [0.29, 0.717) is 36.7 Å². The molecule has 0 aliphatic heterocycles. The van der Waals surface area contributed by atoms with E-state index in [4.69, 9.17) is 0 Å². The van der Waals surface area contributed by atoms with Gasteiger partial charge in [-0.1, -0.05) is 32.0 Å². The Morgan fingerprint density at radius 1 is 1.35 bits per heavy atom. The van der Waals surface area contributed by atoms with Crippen molar-refractivity contribution in [2.75, 3.05) is 17.2 Å². The summed E-state index contributed by atoms with van der Waals surface area (Å²) in [6.45, 7) is 4.52. The molecule has 1 aromatic carbocycles. The van der Waals surface area contributed by atoms with Crippen LogP contribution in [0, 0.1) is 16.7 Å². The Labute approximate surface area is 152 Å². The highest BCUT2D eigenvalue weighted by atomic mass is 16.3. The Bertz CT molecular complexity index is 831. The molecule has 0 bridgehead atoms. The summed E-state index contributed by atoms with van der Waals surface area (Å²) in [5, 5.41) is 35.3. The zero-order valence-electron chi connectivity index (χ0n) is 14.9. The molecule has 0 radical (unpaired) electrons. The summed E-state index contributed by atoms with van der Waals surface area (Å²) in [6, 6.07) is 9.33. The zero-order chi connectivity index (χ0) is 18.7. The second kappa shape index (κ2) is 7.18. The third-order valence-electron chi connectivity index (χ3n) is 5.11. The summed E-state index contributed by atoms with van der Waals surface area (Å²) < 4.78 is 0. The zero-order valence-corrected chi connectivity index (χ0v) is 14.9. The van der Waals surface area contributed by atoms with Crippen LogP contribution in [0.4, 0.5) is 11.8 Å². The lowest BCUT2D eigenvalue weighted by atomic mass is 9.64. The fourth-order valence-corrected chi connectivity index (χ4v) is 3.00. The molecule has 1 aromatic heterocycles. The van der Waals surface area contributed by atoms with Crippen molar-refractivity contribution in [1.29, 1.82) is 5.26 Å². The first-order valence-corrected chi connectivity index (χ1v) is 8.64. The number of nitriles is 1. The highest BCUT2D eigenvalue weighted by Crippen LogP contribution is 2.42. The number of aliphatic hydroxyl groups excluding tert-OH is 1. The molecular weight excluding hydrogens is 330 g/mol. The van der Waals surface area contributed by atoms with Crippen LogP contribution < -0.4 is 10.6 Å². The summed E-state index contributed by atoms with van der Waals surface area (Å²) in [4.78, 5) is 8.58. The van der Waals surface area contributed by atoms with Gasteiger partial charge in [-0.3, -0.25) is 0 Å². The summed E-state index contributed by atoms with van der Waals surface area (Å²) in [7, 11) is 0. The molecule has 2 aromatic rings. The Morgan fingerprint density at radius 2 is 2.12 bits per heavy atom. The van der Waals surface area contributed by atoms with E-state index >= 15 is 0 Å². The number of nitrogens with zero attached hydrogens (tertiary/aromatic N) is 3. The molecule has 4 N–H and O–H groups in total. The summed E-state index contributed by atoms with van der Waals surface area (Å²) in [5.41, 5.74) is 0.946. The Kier molecular flexibility index (Phi) is 4.96. The standard InChI is InChI=1S/C19H23N5O2/c1-19(2)15(9-16(19)26)23-17-13(10-20)11-22-18(24-17)21-8-7-12-5-3-4-6-14(12)25/h3-6,11,15-16,25-26H,7-9H2,1-2H3,(H2,21,22,23,24)/t15-,16+/m1/s1. The Balaban J connectivity index is 1.66. The minimum Gasteiger partial charge on any atom is -0.508 e. The molecule has 0 amide bonds. The van der Waals surface area contributed by atoms with E-state index in [0.717, 1.165) is 5.56 Å². The molecule has 136 valence electrons. The van der Waals surface area contributed by atoms with Crippen molar-refractivity contribution >= 4 is 11.8 Å². The van der Waals surface area contributed by atoms with Gasteiger partial charge in [0.15, 0.2) is 0 Å². The van der Waals surface area contributed by atoms with E-state index in [9.17, 15) is 15.5 Å². The maximum Gasteiger partial charge on any atom is 0.224 e. The van der Waals surface area contributed by atoms with Crippen LogP contribution in [0.25, 0.3) is 0 Å². The van der Waals surface area contributed by atoms with Gasteiger partial charge in [-0.25, -0.2) is 4.98 Å². The number of aromatic nitrogens is 2. The number of nitrogens with one attached hydrogen (secondary N) is 2. The van der Waals surface area contributed by atoms with Crippen molar-refractivity contribution in [2.24, 2.45) is 5.41 Å². The van der Waals surface area contributed by atoms with Gasteiger partial charge in [-0.05, 0) is 24.5 Å². The first-order chi connectivity index (χ1) is 12.4. The fraction of sp³-hybridized carbons (Fsp3) is 0.421. The van der Waals surface area contributed by atoms with Crippen LogP contribution in [0.2, 0.25) is 0 Å². The van der Waals surface area contributed by atoms with E-state index in [-0.39, 0.29) is 23.3 Å². The number of hydrogen-bond donors (Lipinski definition) is 4. The first-order valence-electron chi connectivity index (χ1n) is 8.64. The molecule has 1 aliphatic rings. The molecular formula is C19H23N5O2. The summed E-state index contributed by atoms with van der Waals surface area (Å²) >= 11 is 0. The largest absolute Gasteiger partial charge is 0.508 e. The number of para-hydroxylation sites is 1. The lowest BCUT2D eigenvalue weighted by molar-refractivity contribution is -0.0511. The predicted octanol–water partition coefficient (Wildman–Crippen LogP) is 2.28. The van der Waals surface area contributed by atoms with Crippen LogP contribution in [-0.2, 0) is 6.42 Å². The Morgan fingerprint density at radius 3 is 2.77 bits per heavy atom. The summed E-state index contributed by atoms with van der Waals surface area (Å²) in [6.07, 6.45) is 2.38. The third-order valence-corrected chi connectivity index (χ3v) is 5.11. The second-order valence-electron chi connectivity index (χ2n) is 7.14. The molecule has 3 rings (SSSR count). The SMILES string of the molecule is CC1(C)[C@@H](O)C[C@H]1Nc1nc(NCCc2ccccc2O)ncc1C#N. The molecule has 1 aliphatic carbocycles. The summed E-state index contributed by atoms with van der Waals surface area (Å²) in [5.74, 6) is 1.15. The van der Waals surface area contributed by atoms with E-state index in [1.54, 1.807) is 12.1 Å². The van der Waals surface area contributed by atoms with Gasteiger partial charge < -0.3 is 20.8 Å². The van der Waals surface area contributed by atoms with Crippen molar-refractivity contribution in [1.82, 2.24) is 9.97 Å². The van der Waals surface area contributed by atoms with Crippen molar-refractivity contribution in [2.45, 2.75) is 38.8 Å². The van der Waals surface area contributed by atoms with Gasteiger partial charge in [0.2, 0.25) is 5.95 Å². The van der Waals surface area contributed by atoms with E-state index in [1.165, 1.54) is 6.20 Å². The average Bonchev–Trinajstić information content (AvgIpc) is 2.63. The molecule has 1 fully saturated rings. The average molecular weight is 353 g/mol. The van der Waals surface area contributed by atoms with Crippen LogP contribution in [0.1, 0.15) is 31.4 Å². The maximum absolute atomic E-state index is 9.88. The van der Waals surface area contributed by atoms with Crippen LogP contribution in [-0.4, -0.2) is 38.9 Å². The first kappa shape index (κ1) is 18.0. The number of aliphatic hydroxyl groups is 1. The van der Waals surface area contributed by atoms with Gasteiger partial charge >= 0.3 is 0 Å². The van der Waals surface area contributed by atoms with Gasteiger partial charge in [-0.15, -0.1) is 0 Å². The van der Waals surface area contributed by atoms with E-state index in [1.807, 2.05) is 26.0 Å². The highest BCUT2D eigenvalue weighted by Gasteiger charge is 2.47. The number of phenols is 1. The molecule has 2 atom stereocenters. The minimum absolute atomic E-state index is 0.0496. The molecule has 26 heavy (non-hydrogen) atoms. The molecule has 1 saturated carbocycles. The smallest absolute Gasteiger partial charge is 0.224 e. The topological polar surface area (TPSA) is 114 Å². The normalized spacial score (nSPS) is 20.7. The van der Waals surface area contributed by atoms with Crippen molar-refractivity contribution in [3.8, 4) is 11.8 Å². The number of anilines is 2. The van der Waals surface area contributed by atoms with E-state index < -0.39 is 0 Å². The highest BCUT2D eigenvalue weighted by molar-refractivity contribution is 5.54. The van der Waals surface area contributed by atoms with Crippen LogP contribution in [0.3, 0.4) is 0 Å². The minimum atomic E-state index is -0.358. The third kappa shape index (κ3) is 3.55. The number of benzene rings is 1. The van der Waals surface area contributed by atoms with Crippen LogP contribution in [0.5, 0.6) is 5.75 Å². The number of aromatic hydroxyl groups is 1. The molecule has 0 saturated heterocycles. The Hall–Kier alpha value is -2.85. The number of phenolic OH excluding ortho intramolecular Hbond substituents is 1. The van der Waals surface area contributed by atoms with Crippen molar-refractivity contribution in [3.63, 3.8) is 0 Å². The van der Waals surface area contributed by atoms with Crippen molar-refractivity contribution < 1.29 is 10.2 Å². The lowest BCUT2D eigenvalue weighted by Crippen LogP contribution is -2.57.